The third-order valence-electron chi connectivity index (χ3n) is 2.63. The van der Waals surface area contributed by atoms with E-state index < -0.39 is 18.1 Å². The van der Waals surface area contributed by atoms with Gasteiger partial charge in [0.2, 0.25) is 0 Å². The van der Waals surface area contributed by atoms with Gasteiger partial charge in [0.25, 0.3) is 5.91 Å². The monoisotopic (exact) mass is 351 g/mol. The van der Waals surface area contributed by atoms with Crippen molar-refractivity contribution < 1.29 is 23.9 Å². The minimum atomic E-state index is -0.790. The molecule has 0 saturated heterocycles. The number of hydrogen-bond acceptors (Lipinski definition) is 8. The van der Waals surface area contributed by atoms with Crippen molar-refractivity contribution in [3.63, 3.8) is 0 Å². The van der Waals surface area contributed by atoms with Gasteiger partial charge in [-0.2, -0.15) is 0 Å². The quantitative estimate of drug-likeness (QED) is 0.769. The van der Waals surface area contributed by atoms with Crippen molar-refractivity contribution in [1.82, 2.24) is 9.97 Å². The fourth-order valence-corrected chi connectivity index (χ4v) is 2.07. The summed E-state index contributed by atoms with van der Waals surface area (Å²) in [5.74, 6) is -0.376. The Morgan fingerprint density at radius 3 is 2.38 bits per heavy atom. The van der Waals surface area contributed by atoms with Crippen LogP contribution in [0.4, 0.5) is 26.9 Å². The molecule has 3 N–H and O–H groups in total. The van der Waals surface area contributed by atoms with Crippen molar-refractivity contribution in [3.05, 3.63) is 28.7 Å². The van der Waals surface area contributed by atoms with Crippen LogP contribution in [0, 0.1) is 0 Å². The van der Waals surface area contributed by atoms with Gasteiger partial charge in [0.1, 0.15) is 11.5 Å². The molecule has 10 nitrogen and oxygen atoms in total. The van der Waals surface area contributed by atoms with Gasteiger partial charge in [-0.15, -0.1) is 11.3 Å². The molecular formula is C13H13N5O5S. The molecule has 24 heavy (non-hydrogen) atoms. The summed E-state index contributed by atoms with van der Waals surface area (Å²) in [6.45, 7) is 0. The van der Waals surface area contributed by atoms with Crippen LogP contribution in [-0.4, -0.2) is 42.3 Å². The van der Waals surface area contributed by atoms with Crippen LogP contribution in [0.25, 0.3) is 0 Å². The summed E-state index contributed by atoms with van der Waals surface area (Å²) in [6.07, 6.45) is -1.52. The van der Waals surface area contributed by atoms with Gasteiger partial charge in [0, 0.05) is 5.38 Å². The Morgan fingerprint density at radius 1 is 1.04 bits per heavy atom. The van der Waals surface area contributed by atoms with Gasteiger partial charge in [0.15, 0.2) is 5.82 Å². The van der Waals surface area contributed by atoms with Crippen LogP contribution in [-0.2, 0) is 9.47 Å². The Balaban J connectivity index is 2.26. The van der Waals surface area contributed by atoms with E-state index in [1.165, 1.54) is 43.2 Å². The molecule has 0 unspecified atom stereocenters. The maximum Gasteiger partial charge on any atom is 0.412 e. The number of nitrogens with zero attached hydrogens (tertiary/aromatic N) is 2. The largest absolute Gasteiger partial charge is 0.453 e. The zero-order chi connectivity index (χ0) is 17.5. The fraction of sp³-hybridized carbons (Fsp3) is 0.154. The van der Waals surface area contributed by atoms with E-state index in [0.717, 1.165) is 0 Å². The van der Waals surface area contributed by atoms with E-state index in [0.29, 0.717) is 0 Å². The topological polar surface area (TPSA) is 132 Å². The number of anilines is 3. The standard InChI is InChI=1S/C13H13N5O5S/c1-22-12(20)17-9-4-3-7(10(16-9)18-13(21)23-2)15-11(19)8-5-24-6-14-8/h3-6H,1-2H3,(H,15,19)(H2,16,17,18,20,21). The minimum Gasteiger partial charge on any atom is -0.453 e. The highest BCUT2D eigenvalue weighted by Crippen LogP contribution is 2.23. The van der Waals surface area contributed by atoms with E-state index in [4.69, 9.17) is 0 Å². The molecule has 2 aromatic rings. The molecule has 0 radical (unpaired) electrons. The second kappa shape index (κ2) is 7.87. The molecular weight excluding hydrogens is 338 g/mol. The van der Waals surface area contributed by atoms with Crippen molar-refractivity contribution in [3.8, 4) is 0 Å². The molecule has 2 aromatic heterocycles. The summed E-state index contributed by atoms with van der Waals surface area (Å²) < 4.78 is 8.96. The van der Waals surface area contributed by atoms with Gasteiger partial charge < -0.3 is 14.8 Å². The molecule has 0 atom stereocenters. The number of methoxy groups -OCH3 is 2. The number of pyridine rings is 1. The molecule has 3 amide bonds. The summed E-state index contributed by atoms with van der Waals surface area (Å²) in [5.41, 5.74) is 1.94. The van der Waals surface area contributed by atoms with Crippen LogP contribution < -0.4 is 16.0 Å². The Kier molecular flexibility index (Phi) is 5.63. The fourth-order valence-electron chi connectivity index (χ4n) is 1.54. The summed E-state index contributed by atoms with van der Waals surface area (Å²) in [7, 11) is 2.38. The number of hydrogen-bond donors (Lipinski definition) is 3. The Hall–Kier alpha value is -3.21. The molecule has 0 aliphatic heterocycles. The Labute approximate surface area is 140 Å². The molecule has 0 spiro atoms. The molecule has 0 aliphatic rings. The SMILES string of the molecule is COC(=O)Nc1ccc(NC(=O)c2cscn2)c(NC(=O)OC)n1. The molecule has 126 valence electrons. The first-order valence-corrected chi connectivity index (χ1v) is 7.38. The number of aromatic nitrogens is 2. The first kappa shape index (κ1) is 17.1. The van der Waals surface area contributed by atoms with Crippen molar-refractivity contribution in [2.24, 2.45) is 0 Å². The second-order valence-electron chi connectivity index (χ2n) is 4.15. The zero-order valence-electron chi connectivity index (χ0n) is 12.7. The van der Waals surface area contributed by atoms with E-state index in [9.17, 15) is 14.4 Å². The second-order valence-corrected chi connectivity index (χ2v) is 4.87. The van der Waals surface area contributed by atoms with Crippen LogP contribution in [0.5, 0.6) is 0 Å². The Morgan fingerprint density at radius 2 is 1.75 bits per heavy atom. The van der Waals surface area contributed by atoms with Crippen LogP contribution >= 0.6 is 11.3 Å². The van der Waals surface area contributed by atoms with Crippen molar-refractivity contribution in [2.45, 2.75) is 0 Å². The van der Waals surface area contributed by atoms with Gasteiger partial charge in [-0.05, 0) is 12.1 Å². The molecule has 0 bridgehead atoms. The van der Waals surface area contributed by atoms with Gasteiger partial charge in [-0.1, -0.05) is 0 Å². The predicted octanol–water partition coefficient (Wildman–Crippen LogP) is 2.15. The number of carbonyl (C=O) groups is 3. The minimum absolute atomic E-state index is 0.0145. The average Bonchev–Trinajstić information content (AvgIpc) is 3.11. The molecule has 2 rings (SSSR count). The first-order chi connectivity index (χ1) is 11.5. The predicted molar refractivity (Wildman–Crippen MR) is 86.4 cm³/mol. The average molecular weight is 351 g/mol. The van der Waals surface area contributed by atoms with Gasteiger partial charge in [-0.25, -0.2) is 19.6 Å². The highest BCUT2D eigenvalue weighted by molar-refractivity contribution is 7.07. The third-order valence-corrected chi connectivity index (χ3v) is 3.22. The maximum atomic E-state index is 12.1. The van der Waals surface area contributed by atoms with Crippen LogP contribution in [0.2, 0.25) is 0 Å². The van der Waals surface area contributed by atoms with E-state index >= 15 is 0 Å². The number of amides is 3. The maximum absolute atomic E-state index is 12.1. The summed E-state index contributed by atoms with van der Waals surface area (Å²) in [6, 6.07) is 2.88. The van der Waals surface area contributed by atoms with Crippen LogP contribution in [0.1, 0.15) is 10.5 Å². The van der Waals surface area contributed by atoms with Crippen molar-refractivity contribution in [1.29, 1.82) is 0 Å². The van der Waals surface area contributed by atoms with Gasteiger partial charge >= 0.3 is 12.2 Å². The molecule has 0 aromatic carbocycles. The summed E-state index contributed by atoms with van der Waals surface area (Å²) in [4.78, 5) is 42.6. The molecule has 0 fully saturated rings. The van der Waals surface area contributed by atoms with E-state index in [2.05, 4.69) is 35.4 Å². The van der Waals surface area contributed by atoms with E-state index in [-0.39, 0.29) is 23.0 Å². The Bertz CT molecular complexity index is 749. The lowest BCUT2D eigenvalue weighted by molar-refractivity contribution is 0.102. The molecule has 2 heterocycles. The van der Waals surface area contributed by atoms with Crippen LogP contribution in [0.3, 0.4) is 0 Å². The first-order valence-electron chi connectivity index (χ1n) is 6.44. The lowest BCUT2D eigenvalue weighted by Gasteiger charge is -2.12. The highest BCUT2D eigenvalue weighted by atomic mass is 32.1. The zero-order valence-corrected chi connectivity index (χ0v) is 13.5. The smallest absolute Gasteiger partial charge is 0.412 e. The lowest BCUT2D eigenvalue weighted by atomic mass is 10.3. The molecule has 11 heteroatoms. The number of rotatable bonds is 4. The van der Waals surface area contributed by atoms with E-state index in [1.807, 2.05) is 0 Å². The van der Waals surface area contributed by atoms with Crippen molar-refractivity contribution >= 4 is 46.8 Å². The van der Waals surface area contributed by atoms with Crippen molar-refractivity contribution in [2.75, 3.05) is 30.2 Å². The lowest BCUT2D eigenvalue weighted by Crippen LogP contribution is -2.19. The van der Waals surface area contributed by atoms with Gasteiger partial charge in [-0.3, -0.25) is 15.4 Å². The number of carbonyl (C=O) groups excluding carboxylic acids is 3. The van der Waals surface area contributed by atoms with Gasteiger partial charge in [0.05, 0.1) is 25.4 Å². The summed E-state index contributed by atoms with van der Waals surface area (Å²) in [5, 5.41) is 8.83. The highest BCUT2D eigenvalue weighted by Gasteiger charge is 2.15. The number of thiazole rings is 1. The third kappa shape index (κ3) is 4.39. The molecule has 0 aliphatic carbocycles. The molecule has 0 saturated carbocycles. The number of nitrogens with one attached hydrogen (secondary N) is 3. The number of ether oxygens (including phenoxy) is 2. The van der Waals surface area contributed by atoms with E-state index in [1.54, 1.807) is 5.38 Å². The van der Waals surface area contributed by atoms with Crippen LogP contribution in [0.15, 0.2) is 23.0 Å². The summed E-state index contributed by atoms with van der Waals surface area (Å²) >= 11 is 1.27. The normalized spacial score (nSPS) is 9.75.